The summed E-state index contributed by atoms with van der Waals surface area (Å²) in [4.78, 5) is 26.3. The number of rotatable bonds is 8. The van der Waals surface area contributed by atoms with Crippen LogP contribution in [0.5, 0.6) is 11.5 Å². The second-order valence-corrected chi connectivity index (χ2v) is 6.64. The number of ether oxygens (including phenoxy) is 4. The van der Waals surface area contributed by atoms with E-state index in [0.717, 1.165) is 5.56 Å². The van der Waals surface area contributed by atoms with E-state index in [1.165, 1.54) is 0 Å². The smallest absolute Gasteiger partial charge is 0.338 e. The van der Waals surface area contributed by atoms with Gasteiger partial charge in [-0.3, -0.25) is 4.79 Å². The molecule has 2 aromatic rings. The molecule has 0 saturated heterocycles. The molecule has 3 rings (SSSR count). The third-order valence-electron chi connectivity index (χ3n) is 4.55. The molecule has 1 amide bonds. The van der Waals surface area contributed by atoms with E-state index in [9.17, 15) is 9.59 Å². The van der Waals surface area contributed by atoms with Gasteiger partial charge in [0.1, 0.15) is 6.61 Å². The zero-order chi connectivity index (χ0) is 20.6. The molecule has 0 radical (unpaired) electrons. The highest BCUT2D eigenvalue weighted by Gasteiger charge is 2.25. The summed E-state index contributed by atoms with van der Waals surface area (Å²) in [5.74, 6) is 0.544. The summed E-state index contributed by atoms with van der Waals surface area (Å²) >= 11 is 0. The van der Waals surface area contributed by atoms with E-state index in [2.05, 4.69) is 0 Å². The largest absolute Gasteiger partial charge is 0.486 e. The molecule has 2 aromatic carbocycles. The molecule has 1 atom stereocenters. The number of nitrogens with zero attached hydrogens (tertiary/aromatic N) is 1. The van der Waals surface area contributed by atoms with Crippen LogP contribution < -0.4 is 9.47 Å². The Hall–Kier alpha value is -3.06. The molecule has 0 spiro atoms. The highest BCUT2D eigenvalue weighted by molar-refractivity contribution is 5.91. The first kappa shape index (κ1) is 20.7. The maximum absolute atomic E-state index is 12.5. The number of benzene rings is 2. The van der Waals surface area contributed by atoms with Crippen molar-refractivity contribution in [2.75, 3.05) is 33.4 Å². The van der Waals surface area contributed by atoms with Gasteiger partial charge in [0.15, 0.2) is 24.2 Å². The Morgan fingerprint density at radius 2 is 1.83 bits per heavy atom. The first-order valence-corrected chi connectivity index (χ1v) is 9.52. The van der Waals surface area contributed by atoms with E-state index in [1.54, 1.807) is 36.3 Å². The summed E-state index contributed by atoms with van der Waals surface area (Å²) in [5.41, 5.74) is 1.34. The van der Waals surface area contributed by atoms with E-state index in [-0.39, 0.29) is 18.6 Å². The van der Waals surface area contributed by atoms with Crippen molar-refractivity contribution in [1.29, 1.82) is 0 Å². The lowest BCUT2D eigenvalue weighted by molar-refractivity contribution is -0.135. The maximum atomic E-state index is 12.5. The van der Waals surface area contributed by atoms with Crippen LogP contribution in [0.15, 0.2) is 48.5 Å². The number of amides is 1. The van der Waals surface area contributed by atoms with Gasteiger partial charge in [0.05, 0.1) is 18.7 Å². The molecule has 1 unspecified atom stereocenters. The lowest BCUT2D eigenvalue weighted by Crippen LogP contribution is -2.45. The van der Waals surface area contributed by atoms with Gasteiger partial charge in [-0.2, -0.15) is 0 Å². The molecule has 29 heavy (non-hydrogen) atoms. The molecular weight excluding hydrogens is 374 g/mol. The molecule has 0 fully saturated rings. The summed E-state index contributed by atoms with van der Waals surface area (Å²) in [6.07, 6.45) is -0.280. The normalized spacial score (nSPS) is 14.9. The summed E-state index contributed by atoms with van der Waals surface area (Å²) < 4.78 is 21.8. The summed E-state index contributed by atoms with van der Waals surface area (Å²) in [7, 11) is 1.61. The molecule has 1 aliphatic rings. The number of carbonyl (C=O) groups excluding carboxylic acids is 2. The first-order valence-electron chi connectivity index (χ1n) is 9.52. The van der Waals surface area contributed by atoms with Gasteiger partial charge < -0.3 is 23.8 Å². The van der Waals surface area contributed by atoms with E-state index in [4.69, 9.17) is 18.9 Å². The maximum Gasteiger partial charge on any atom is 0.338 e. The van der Waals surface area contributed by atoms with Crippen molar-refractivity contribution >= 4 is 11.9 Å². The highest BCUT2D eigenvalue weighted by Crippen LogP contribution is 2.31. The predicted molar refractivity (Wildman–Crippen MR) is 106 cm³/mol. The van der Waals surface area contributed by atoms with Crippen molar-refractivity contribution in [2.45, 2.75) is 19.6 Å². The van der Waals surface area contributed by atoms with Crippen LogP contribution in [0.1, 0.15) is 22.8 Å². The average Bonchev–Trinajstić information content (AvgIpc) is 2.76. The van der Waals surface area contributed by atoms with Crippen LogP contribution in [0, 0.1) is 0 Å². The van der Waals surface area contributed by atoms with E-state index < -0.39 is 5.97 Å². The third kappa shape index (κ3) is 5.48. The van der Waals surface area contributed by atoms with E-state index >= 15 is 0 Å². The Bertz CT molecular complexity index is 835. The number of hydrogen-bond donors (Lipinski definition) is 0. The van der Waals surface area contributed by atoms with E-state index in [0.29, 0.717) is 43.4 Å². The Balaban J connectivity index is 1.50. The monoisotopic (exact) mass is 399 g/mol. The molecule has 154 valence electrons. The van der Waals surface area contributed by atoms with Crippen LogP contribution >= 0.6 is 0 Å². The number of hydrogen-bond acceptors (Lipinski definition) is 6. The van der Waals surface area contributed by atoms with Gasteiger partial charge in [-0.15, -0.1) is 0 Å². The minimum absolute atomic E-state index is 0.278. The SMILES string of the molecule is CCN(CC1COc2ccccc2O1)C(=O)COC(=O)c1ccc(COC)cc1. The van der Waals surface area contributed by atoms with Crippen LogP contribution in [0.4, 0.5) is 0 Å². The fourth-order valence-corrected chi connectivity index (χ4v) is 3.01. The molecule has 0 saturated carbocycles. The second kappa shape index (κ2) is 9.93. The van der Waals surface area contributed by atoms with Crippen molar-refractivity contribution in [3.8, 4) is 11.5 Å². The molecule has 0 N–H and O–H groups in total. The van der Waals surface area contributed by atoms with Gasteiger partial charge in [-0.1, -0.05) is 24.3 Å². The van der Waals surface area contributed by atoms with Crippen molar-refractivity contribution in [1.82, 2.24) is 4.90 Å². The van der Waals surface area contributed by atoms with Crippen molar-refractivity contribution < 1.29 is 28.5 Å². The molecule has 1 heterocycles. The predicted octanol–water partition coefficient (Wildman–Crippen LogP) is 2.68. The van der Waals surface area contributed by atoms with Crippen LogP contribution in [0.3, 0.4) is 0 Å². The number of carbonyl (C=O) groups is 2. The van der Waals surface area contributed by atoms with Crippen LogP contribution in [-0.2, 0) is 20.9 Å². The molecule has 7 nitrogen and oxygen atoms in total. The zero-order valence-electron chi connectivity index (χ0n) is 16.6. The van der Waals surface area contributed by atoms with Gasteiger partial charge in [0.25, 0.3) is 5.91 Å². The van der Waals surface area contributed by atoms with Crippen molar-refractivity contribution in [3.05, 3.63) is 59.7 Å². The lowest BCUT2D eigenvalue weighted by Gasteiger charge is -2.30. The van der Waals surface area contributed by atoms with Crippen LogP contribution in [-0.4, -0.2) is 56.3 Å². The number of fused-ring (bicyclic) bond motifs is 1. The molecule has 1 aliphatic heterocycles. The second-order valence-electron chi connectivity index (χ2n) is 6.64. The standard InChI is InChI=1S/C22H25NO6/c1-3-23(12-18-14-27-19-6-4-5-7-20(19)29-18)21(24)15-28-22(25)17-10-8-16(9-11-17)13-26-2/h4-11,18H,3,12-15H2,1-2H3. The van der Waals surface area contributed by atoms with Crippen molar-refractivity contribution in [2.24, 2.45) is 0 Å². The van der Waals surface area contributed by atoms with Gasteiger partial charge in [-0.25, -0.2) is 4.79 Å². The van der Waals surface area contributed by atoms with Crippen LogP contribution in [0.2, 0.25) is 0 Å². The minimum atomic E-state index is -0.537. The molecular formula is C22H25NO6. The van der Waals surface area contributed by atoms with Gasteiger partial charge in [0.2, 0.25) is 0 Å². The number of methoxy groups -OCH3 is 1. The minimum Gasteiger partial charge on any atom is -0.486 e. The summed E-state index contributed by atoms with van der Waals surface area (Å²) in [6, 6.07) is 14.3. The van der Waals surface area contributed by atoms with Crippen LogP contribution in [0.25, 0.3) is 0 Å². The average molecular weight is 399 g/mol. The lowest BCUT2D eigenvalue weighted by atomic mass is 10.1. The Labute approximate surface area is 170 Å². The summed E-state index contributed by atoms with van der Waals surface area (Å²) in [6.45, 7) is 3.20. The number of esters is 1. The Kier molecular flexibility index (Phi) is 7.08. The molecule has 0 bridgehead atoms. The zero-order valence-corrected chi connectivity index (χ0v) is 16.6. The van der Waals surface area contributed by atoms with E-state index in [1.807, 2.05) is 31.2 Å². The van der Waals surface area contributed by atoms with Gasteiger partial charge in [-0.05, 0) is 36.8 Å². The molecule has 0 aromatic heterocycles. The van der Waals surface area contributed by atoms with Crippen molar-refractivity contribution in [3.63, 3.8) is 0 Å². The highest BCUT2D eigenvalue weighted by atomic mass is 16.6. The third-order valence-corrected chi connectivity index (χ3v) is 4.55. The topological polar surface area (TPSA) is 74.3 Å². The number of para-hydroxylation sites is 2. The molecule has 7 heteroatoms. The Morgan fingerprint density at radius 3 is 2.52 bits per heavy atom. The fourth-order valence-electron chi connectivity index (χ4n) is 3.01. The Morgan fingerprint density at radius 1 is 1.10 bits per heavy atom. The van der Waals surface area contributed by atoms with Gasteiger partial charge in [0, 0.05) is 13.7 Å². The van der Waals surface area contributed by atoms with Gasteiger partial charge >= 0.3 is 5.97 Å². The fraction of sp³-hybridized carbons (Fsp3) is 0.364. The number of likely N-dealkylation sites (N-methyl/N-ethyl adjacent to an activating group) is 1. The first-order chi connectivity index (χ1) is 14.1. The summed E-state index contributed by atoms with van der Waals surface area (Å²) in [5, 5.41) is 0. The molecule has 0 aliphatic carbocycles. The quantitative estimate of drug-likeness (QED) is 0.636.